The molecule has 4 nitrogen and oxygen atoms in total. The van der Waals surface area contributed by atoms with E-state index in [-0.39, 0.29) is 4.75 Å². The van der Waals surface area contributed by atoms with Crippen molar-refractivity contribution in [1.82, 2.24) is 15.5 Å². The maximum absolute atomic E-state index is 5.54. The lowest BCUT2D eigenvalue weighted by molar-refractivity contribution is 0.309. The minimum Gasteiger partial charge on any atom is -0.339 e. The van der Waals surface area contributed by atoms with E-state index in [9.17, 15) is 0 Å². The lowest BCUT2D eigenvalue weighted by Gasteiger charge is -2.21. The molecular formula is C15H27N3OS. The van der Waals surface area contributed by atoms with Crippen LogP contribution in [0.3, 0.4) is 0 Å². The molecule has 0 spiro atoms. The van der Waals surface area contributed by atoms with Crippen molar-refractivity contribution in [3.05, 3.63) is 11.7 Å². The number of thioether (sulfide) groups is 1. The van der Waals surface area contributed by atoms with Crippen LogP contribution in [0.25, 0.3) is 0 Å². The highest BCUT2D eigenvalue weighted by Crippen LogP contribution is 2.32. The Labute approximate surface area is 126 Å². The number of nitrogens with one attached hydrogen (secondary N) is 1. The van der Waals surface area contributed by atoms with Crippen molar-refractivity contribution in [3.8, 4) is 0 Å². The molecule has 2 rings (SSSR count). The van der Waals surface area contributed by atoms with Gasteiger partial charge in [0, 0.05) is 10.8 Å². The van der Waals surface area contributed by atoms with Gasteiger partial charge in [0.15, 0.2) is 5.82 Å². The van der Waals surface area contributed by atoms with E-state index < -0.39 is 0 Å². The summed E-state index contributed by atoms with van der Waals surface area (Å²) in [7, 11) is 2.04. The summed E-state index contributed by atoms with van der Waals surface area (Å²) in [6, 6.07) is 0.473. The molecule has 1 N–H and O–H groups in total. The fraction of sp³-hybridized carbons (Fsp3) is 0.867. The molecule has 1 saturated carbocycles. The molecule has 20 heavy (non-hydrogen) atoms. The van der Waals surface area contributed by atoms with Gasteiger partial charge < -0.3 is 9.84 Å². The predicted octanol–water partition coefficient (Wildman–Crippen LogP) is 3.74. The number of likely N-dealkylation sites (N-methyl/N-ethyl adjacent to an activating group) is 1. The molecule has 0 bridgehead atoms. The van der Waals surface area contributed by atoms with Crippen molar-refractivity contribution in [2.45, 2.75) is 75.3 Å². The Morgan fingerprint density at radius 3 is 2.70 bits per heavy atom. The van der Waals surface area contributed by atoms with Crippen molar-refractivity contribution in [3.63, 3.8) is 0 Å². The molecule has 2 atom stereocenters. The summed E-state index contributed by atoms with van der Waals surface area (Å²) >= 11 is 1.86. The third kappa shape index (κ3) is 4.48. The van der Waals surface area contributed by atoms with Gasteiger partial charge in [0.25, 0.3) is 0 Å². The summed E-state index contributed by atoms with van der Waals surface area (Å²) < 4.78 is 5.78. The highest BCUT2D eigenvalue weighted by atomic mass is 32.2. The molecule has 1 aromatic rings. The van der Waals surface area contributed by atoms with Gasteiger partial charge in [-0.15, -0.1) is 11.8 Å². The Hall–Kier alpha value is -0.550. The molecular weight excluding hydrogens is 270 g/mol. The largest absolute Gasteiger partial charge is 0.339 e. The summed E-state index contributed by atoms with van der Waals surface area (Å²) in [5, 5.41) is 7.58. The molecule has 1 aliphatic rings. The normalized spacial score (nSPS) is 24.6. The van der Waals surface area contributed by atoms with Crippen molar-refractivity contribution >= 4 is 11.8 Å². The van der Waals surface area contributed by atoms with E-state index in [1.165, 1.54) is 25.7 Å². The average Bonchev–Trinajstić information content (AvgIpc) is 2.72. The SMILES string of the molecule is CNC1CCCCCC1c1nc(CSC(C)(C)C)no1. The third-order valence-corrected chi connectivity index (χ3v) is 5.09. The number of rotatable bonds is 4. The molecule has 5 heteroatoms. The van der Waals surface area contributed by atoms with Gasteiger partial charge in [-0.3, -0.25) is 0 Å². The molecule has 0 saturated heterocycles. The van der Waals surface area contributed by atoms with Crippen LogP contribution in [0.5, 0.6) is 0 Å². The van der Waals surface area contributed by atoms with Crippen LogP contribution in [0.15, 0.2) is 4.52 Å². The summed E-state index contributed by atoms with van der Waals surface area (Å²) in [5.41, 5.74) is 0. The summed E-state index contributed by atoms with van der Waals surface area (Å²) in [6.45, 7) is 6.63. The second-order valence-corrected chi connectivity index (χ2v) is 8.39. The minimum absolute atomic E-state index is 0.233. The van der Waals surface area contributed by atoms with Crippen LogP contribution in [0.1, 0.15) is 70.5 Å². The van der Waals surface area contributed by atoms with Crippen LogP contribution in [0, 0.1) is 0 Å². The van der Waals surface area contributed by atoms with Crippen molar-refractivity contribution in [2.75, 3.05) is 7.05 Å². The summed E-state index contributed by atoms with van der Waals surface area (Å²) in [4.78, 5) is 4.64. The molecule has 2 unspecified atom stereocenters. The van der Waals surface area contributed by atoms with Gasteiger partial charge in [-0.05, 0) is 19.9 Å². The second kappa shape index (κ2) is 6.94. The number of nitrogens with zero attached hydrogens (tertiary/aromatic N) is 2. The van der Waals surface area contributed by atoms with Crippen LogP contribution < -0.4 is 5.32 Å². The number of aromatic nitrogens is 2. The first kappa shape index (κ1) is 15.8. The quantitative estimate of drug-likeness (QED) is 0.858. The standard InChI is InChI=1S/C15H27N3OS/c1-15(2,3)20-10-13-17-14(19-18-13)11-8-6-5-7-9-12(11)16-4/h11-12,16H,5-10H2,1-4H3. The minimum atomic E-state index is 0.233. The lowest BCUT2D eigenvalue weighted by atomic mass is 9.95. The molecule has 114 valence electrons. The summed E-state index contributed by atoms with van der Waals surface area (Å²) in [5.74, 6) is 2.86. The zero-order valence-electron chi connectivity index (χ0n) is 13.1. The van der Waals surface area contributed by atoms with E-state index in [2.05, 4.69) is 36.2 Å². The first-order valence-corrected chi connectivity index (χ1v) is 8.62. The number of hydrogen-bond donors (Lipinski definition) is 1. The van der Waals surface area contributed by atoms with Gasteiger partial charge in [0.2, 0.25) is 5.89 Å². The van der Waals surface area contributed by atoms with Gasteiger partial charge in [-0.1, -0.05) is 45.2 Å². The number of hydrogen-bond acceptors (Lipinski definition) is 5. The molecule has 0 aromatic carbocycles. The van der Waals surface area contributed by atoms with Gasteiger partial charge in [0.05, 0.1) is 11.7 Å². The van der Waals surface area contributed by atoms with Crippen LogP contribution >= 0.6 is 11.8 Å². The third-order valence-electron chi connectivity index (χ3n) is 3.82. The Bertz CT molecular complexity index is 413. The maximum Gasteiger partial charge on any atom is 0.231 e. The molecule has 1 aromatic heterocycles. The summed E-state index contributed by atoms with van der Waals surface area (Å²) in [6.07, 6.45) is 6.23. The Morgan fingerprint density at radius 1 is 1.25 bits per heavy atom. The Kier molecular flexibility index (Phi) is 5.49. The second-order valence-electron chi connectivity index (χ2n) is 6.59. The predicted molar refractivity (Wildman–Crippen MR) is 84.0 cm³/mol. The Morgan fingerprint density at radius 2 is 2.00 bits per heavy atom. The lowest BCUT2D eigenvalue weighted by Crippen LogP contribution is -2.31. The molecule has 0 aliphatic heterocycles. The van der Waals surface area contributed by atoms with E-state index in [1.54, 1.807) is 0 Å². The molecule has 0 radical (unpaired) electrons. The topological polar surface area (TPSA) is 51.0 Å². The van der Waals surface area contributed by atoms with Crippen LogP contribution in [0.2, 0.25) is 0 Å². The smallest absolute Gasteiger partial charge is 0.231 e. The highest BCUT2D eigenvalue weighted by molar-refractivity contribution is 7.99. The highest BCUT2D eigenvalue weighted by Gasteiger charge is 2.28. The molecule has 1 aliphatic carbocycles. The van der Waals surface area contributed by atoms with E-state index in [4.69, 9.17) is 4.52 Å². The van der Waals surface area contributed by atoms with E-state index in [0.717, 1.165) is 23.9 Å². The van der Waals surface area contributed by atoms with Crippen LogP contribution in [0.4, 0.5) is 0 Å². The zero-order valence-corrected chi connectivity index (χ0v) is 13.9. The monoisotopic (exact) mass is 297 g/mol. The average molecular weight is 297 g/mol. The molecule has 1 fully saturated rings. The van der Waals surface area contributed by atoms with E-state index >= 15 is 0 Å². The van der Waals surface area contributed by atoms with Gasteiger partial charge >= 0.3 is 0 Å². The fourth-order valence-corrected chi connectivity index (χ4v) is 3.39. The molecule has 0 amide bonds. The van der Waals surface area contributed by atoms with E-state index in [1.807, 2.05) is 18.8 Å². The van der Waals surface area contributed by atoms with Crippen molar-refractivity contribution < 1.29 is 4.52 Å². The Balaban J connectivity index is 2.02. The first-order chi connectivity index (χ1) is 9.49. The van der Waals surface area contributed by atoms with Gasteiger partial charge in [-0.25, -0.2) is 0 Å². The van der Waals surface area contributed by atoms with Crippen molar-refractivity contribution in [2.24, 2.45) is 0 Å². The van der Waals surface area contributed by atoms with Crippen molar-refractivity contribution in [1.29, 1.82) is 0 Å². The molecule has 1 heterocycles. The van der Waals surface area contributed by atoms with Gasteiger partial charge in [0.1, 0.15) is 0 Å². The maximum atomic E-state index is 5.54. The van der Waals surface area contributed by atoms with Crippen LogP contribution in [-0.4, -0.2) is 28.0 Å². The van der Waals surface area contributed by atoms with E-state index in [0.29, 0.717) is 12.0 Å². The van der Waals surface area contributed by atoms with Gasteiger partial charge in [-0.2, -0.15) is 4.98 Å². The zero-order chi connectivity index (χ0) is 14.6. The van der Waals surface area contributed by atoms with Crippen LogP contribution in [-0.2, 0) is 5.75 Å². The fourth-order valence-electron chi connectivity index (χ4n) is 2.71. The first-order valence-electron chi connectivity index (χ1n) is 7.63.